The van der Waals surface area contributed by atoms with Gasteiger partial charge in [0.15, 0.2) is 0 Å². The number of piperazine rings is 1. The molecule has 3 aromatic carbocycles. The summed E-state index contributed by atoms with van der Waals surface area (Å²) >= 11 is 0. The van der Waals surface area contributed by atoms with Crippen molar-refractivity contribution in [3.63, 3.8) is 0 Å². The molecule has 1 fully saturated rings. The van der Waals surface area contributed by atoms with E-state index in [4.69, 9.17) is 0 Å². The average molecular weight is 419 g/mol. The number of hydrogen-bond donors (Lipinski definition) is 0. The Morgan fingerprint density at radius 1 is 0.719 bits per heavy atom. The van der Waals surface area contributed by atoms with Gasteiger partial charge in [0, 0.05) is 31.5 Å². The molecule has 0 aliphatic carbocycles. The van der Waals surface area contributed by atoms with Crippen LogP contribution in [0, 0.1) is 0 Å². The van der Waals surface area contributed by atoms with Crippen molar-refractivity contribution in [3.8, 4) is 0 Å². The first kappa shape index (κ1) is 20.5. The lowest BCUT2D eigenvalue weighted by atomic mass is 9.90. The molecule has 2 heterocycles. The van der Waals surface area contributed by atoms with Gasteiger partial charge in [0.1, 0.15) is 0 Å². The van der Waals surface area contributed by atoms with Crippen molar-refractivity contribution in [2.24, 2.45) is 0 Å². The molecular formula is C30H30N2. The van der Waals surface area contributed by atoms with Crippen LogP contribution in [0.1, 0.15) is 29.2 Å². The van der Waals surface area contributed by atoms with Gasteiger partial charge < -0.3 is 4.90 Å². The number of allylic oxidation sites excluding steroid dienone is 3. The first-order valence-corrected chi connectivity index (χ1v) is 11.5. The van der Waals surface area contributed by atoms with Crippen LogP contribution >= 0.6 is 0 Å². The highest BCUT2D eigenvalue weighted by Crippen LogP contribution is 2.39. The maximum Gasteiger partial charge on any atom is 0.0759 e. The molecule has 2 aliphatic heterocycles. The van der Waals surface area contributed by atoms with Crippen molar-refractivity contribution in [2.45, 2.75) is 25.4 Å². The van der Waals surface area contributed by atoms with E-state index in [9.17, 15) is 0 Å². The molecular weight excluding hydrogens is 388 g/mol. The maximum absolute atomic E-state index is 4.45. The van der Waals surface area contributed by atoms with Crippen LogP contribution in [-0.2, 0) is 13.0 Å². The minimum atomic E-state index is 0.230. The Hall–Kier alpha value is -3.36. The van der Waals surface area contributed by atoms with Gasteiger partial charge in [-0.05, 0) is 46.8 Å². The van der Waals surface area contributed by atoms with Crippen LogP contribution in [-0.4, -0.2) is 22.9 Å². The van der Waals surface area contributed by atoms with Crippen molar-refractivity contribution in [1.82, 2.24) is 9.80 Å². The molecule has 32 heavy (non-hydrogen) atoms. The van der Waals surface area contributed by atoms with E-state index in [1.54, 1.807) is 0 Å². The Bertz CT molecular complexity index is 1110. The smallest absolute Gasteiger partial charge is 0.0759 e. The lowest BCUT2D eigenvalue weighted by molar-refractivity contribution is 0.134. The van der Waals surface area contributed by atoms with Crippen molar-refractivity contribution in [3.05, 3.63) is 143 Å². The summed E-state index contributed by atoms with van der Waals surface area (Å²) < 4.78 is 0. The zero-order valence-electron chi connectivity index (χ0n) is 18.5. The normalized spacial score (nSPS) is 18.7. The molecule has 2 nitrogen and oxygen atoms in total. The molecule has 0 bridgehead atoms. The van der Waals surface area contributed by atoms with Crippen LogP contribution in [0.25, 0.3) is 0 Å². The van der Waals surface area contributed by atoms with Gasteiger partial charge in [-0.3, -0.25) is 4.90 Å². The third-order valence-electron chi connectivity index (χ3n) is 6.52. The third-order valence-corrected chi connectivity index (χ3v) is 6.52. The summed E-state index contributed by atoms with van der Waals surface area (Å²) in [5, 5.41) is 0. The summed E-state index contributed by atoms with van der Waals surface area (Å²) in [5.41, 5.74) is 7.91. The first-order valence-electron chi connectivity index (χ1n) is 11.5. The number of rotatable bonds is 6. The number of benzene rings is 3. The SMILES string of the molecule is C=C1C=C2C(c3ccccc3)N(Cc3ccccc3)CCN2C=C1CCc1ccccc1. The number of fused-ring (bicyclic) bond motifs is 1. The second kappa shape index (κ2) is 9.42. The molecule has 0 spiro atoms. The molecule has 0 saturated carbocycles. The van der Waals surface area contributed by atoms with Crippen molar-refractivity contribution < 1.29 is 0 Å². The van der Waals surface area contributed by atoms with Crippen LogP contribution in [0.2, 0.25) is 0 Å². The van der Waals surface area contributed by atoms with Crippen LogP contribution in [0.15, 0.2) is 127 Å². The summed E-state index contributed by atoms with van der Waals surface area (Å²) in [4.78, 5) is 5.07. The fourth-order valence-corrected chi connectivity index (χ4v) is 4.84. The highest BCUT2D eigenvalue weighted by atomic mass is 15.3. The van der Waals surface area contributed by atoms with Gasteiger partial charge in [-0.1, -0.05) is 97.6 Å². The zero-order chi connectivity index (χ0) is 21.8. The first-order chi connectivity index (χ1) is 15.8. The summed E-state index contributed by atoms with van der Waals surface area (Å²) in [6, 6.07) is 32.7. The Kier molecular flexibility index (Phi) is 6.04. The molecule has 2 aliphatic rings. The molecule has 0 N–H and O–H groups in total. The lowest BCUT2D eigenvalue weighted by Crippen LogP contribution is -2.45. The molecule has 1 unspecified atom stereocenters. The molecule has 1 atom stereocenters. The predicted octanol–water partition coefficient (Wildman–Crippen LogP) is 6.52. The van der Waals surface area contributed by atoms with Crippen LogP contribution in [0.3, 0.4) is 0 Å². The summed E-state index contributed by atoms with van der Waals surface area (Å²) in [7, 11) is 0. The summed E-state index contributed by atoms with van der Waals surface area (Å²) in [6.07, 6.45) is 6.75. The van der Waals surface area contributed by atoms with Crippen molar-refractivity contribution in [1.29, 1.82) is 0 Å². The Labute approximate surface area is 191 Å². The fourth-order valence-electron chi connectivity index (χ4n) is 4.84. The van der Waals surface area contributed by atoms with E-state index < -0.39 is 0 Å². The summed E-state index contributed by atoms with van der Waals surface area (Å²) in [6.45, 7) is 7.43. The second-order valence-corrected chi connectivity index (χ2v) is 8.70. The number of hydrogen-bond acceptors (Lipinski definition) is 2. The minimum absolute atomic E-state index is 0.230. The van der Waals surface area contributed by atoms with E-state index in [0.717, 1.165) is 38.0 Å². The van der Waals surface area contributed by atoms with Gasteiger partial charge in [-0.2, -0.15) is 0 Å². The molecule has 0 amide bonds. The van der Waals surface area contributed by atoms with Crippen LogP contribution in [0.4, 0.5) is 0 Å². The van der Waals surface area contributed by atoms with Gasteiger partial charge in [-0.25, -0.2) is 0 Å². The topological polar surface area (TPSA) is 6.48 Å². The van der Waals surface area contributed by atoms with E-state index >= 15 is 0 Å². The summed E-state index contributed by atoms with van der Waals surface area (Å²) in [5.74, 6) is 0. The molecule has 0 radical (unpaired) electrons. The quantitative estimate of drug-likeness (QED) is 0.450. The maximum atomic E-state index is 4.45. The standard InChI is InChI=1S/C30H30N2/c1-24-21-29-30(27-15-9-4-10-16-27)32(22-26-13-7-3-8-14-26)20-19-31(29)23-28(24)18-17-25-11-5-2-6-12-25/h2-16,21,23,30H,1,17-20,22H2. The zero-order valence-corrected chi connectivity index (χ0v) is 18.5. The van der Waals surface area contributed by atoms with Gasteiger partial charge in [0.05, 0.1) is 6.04 Å². The molecule has 2 heteroatoms. The average Bonchev–Trinajstić information content (AvgIpc) is 2.84. The molecule has 1 saturated heterocycles. The van der Waals surface area contributed by atoms with E-state index in [0.29, 0.717) is 0 Å². The number of nitrogens with zero attached hydrogens (tertiary/aromatic N) is 2. The Balaban J connectivity index is 1.40. The number of aryl methyl sites for hydroxylation is 1. The monoisotopic (exact) mass is 418 g/mol. The van der Waals surface area contributed by atoms with E-state index in [1.807, 2.05) is 0 Å². The van der Waals surface area contributed by atoms with Crippen molar-refractivity contribution in [2.75, 3.05) is 13.1 Å². The van der Waals surface area contributed by atoms with Gasteiger partial charge >= 0.3 is 0 Å². The van der Waals surface area contributed by atoms with Crippen LogP contribution in [0.5, 0.6) is 0 Å². The molecule has 5 rings (SSSR count). The van der Waals surface area contributed by atoms with Crippen molar-refractivity contribution >= 4 is 0 Å². The Morgan fingerprint density at radius 2 is 1.34 bits per heavy atom. The van der Waals surface area contributed by atoms with Gasteiger partial charge in [-0.15, -0.1) is 0 Å². The van der Waals surface area contributed by atoms with Crippen LogP contribution < -0.4 is 0 Å². The highest BCUT2D eigenvalue weighted by Gasteiger charge is 2.33. The Morgan fingerprint density at radius 3 is 2.03 bits per heavy atom. The minimum Gasteiger partial charge on any atom is -0.348 e. The largest absolute Gasteiger partial charge is 0.348 e. The molecule has 160 valence electrons. The lowest BCUT2D eigenvalue weighted by Gasteiger charge is -2.45. The predicted molar refractivity (Wildman–Crippen MR) is 133 cm³/mol. The third kappa shape index (κ3) is 4.46. The van der Waals surface area contributed by atoms with E-state index in [2.05, 4.69) is 120 Å². The fraction of sp³-hybridized carbons (Fsp3) is 0.200. The molecule has 0 aromatic heterocycles. The molecule has 3 aromatic rings. The van der Waals surface area contributed by atoms with E-state index in [-0.39, 0.29) is 6.04 Å². The second-order valence-electron chi connectivity index (χ2n) is 8.70. The van der Waals surface area contributed by atoms with Gasteiger partial charge in [0.2, 0.25) is 0 Å². The van der Waals surface area contributed by atoms with Gasteiger partial charge in [0.25, 0.3) is 0 Å². The highest BCUT2D eigenvalue weighted by molar-refractivity contribution is 5.47. The van der Waals surface area contributed by atoms with E-state index in [1.165, 1.54) is 28.0 Å².